The number of rotatable bonds is 9. The van der Waals surface area contributed by atoms with Gasteiger partial charge < -0.3 is 4.74 Å². The molecule has 0 saturated heterocycles. The molecule has 0 aliphatic carbocycles. The molecule has 0 fully saturated rings. The fourth-order valence-corrected chi connectivity index (χ4v) is 2.49. The zero-order valence-corrected chi connectivity index (χ0v) is 15.8. The number of aryl methyl sites for hydroxylation is 1. The van der Waals surface area contributed by atoms with E-state index in [4.69, 9.17) is 4.74 Å². The molecule has 1 nitrogen and oxygen atoms in total. The Balaban J connectivity index is 0.000000257. The summed E-state index contributed by atoms with van der Waals surface area (Å²) in [5, 5.41) is 0. The molecule has 0 amide bonds. The topological polar surface area (TPSA) is 9.23 Å². The van der Waals surface area contributed by atoms with Gasteiger partial charge in [0.1, 0.15) is 0 Å². The Kier molecular flexibility index (Phi) is 11.0. The first-order valence-corrected chi connectivity index (χ1v) is 9.15. The van der Waals surface area contributed by atoms with Gasteiger partial charge in [0.2, 0.25) is 0 Å². The summed E-state index contributed by atoms with van der Waals surface area (Å²) < 4.78 is 4.98. The third-order valence-corrected chi connectivity index (χ3v) is 4.06. The average molecular weight is 337 g/mol. The van der Waals surface area contributed by atoms with E-state index < -0.39 is 0 Å². The number of ether oxygens (including phenoxy) is 1. The molecular weight excluding hydrogens is 304 g/mol. The molecule has 0 heterocycles. The van der Waals surface area contributed by atoms with Crippen molar-refractivity contribution in [1.82, 2.24) is 0 Å². The van der Waals surface area contributed by atoms with Crippen LogP contribution in [0.15, 0.2) is 61.7 Å². The Bertz CT molecular complexity index is 593. The Morgan fingerprint density at radius 1 is 0.760 bits per heavy atom. The molecule has 2 aromatic carbocycles. The second-order valence-electron chi connectivity index (χ2n) is 6.14. The normalized spacial score (nSPS) is 9.84. The lowest BCUT2D eigenvalue weighted by atomic mass is 10.0. The number of unbranched alkanes of at least 4 members (excludes halogenated alkanes) is 3. The fourth-order valence-electron chi connectivity index (χ4n) is 2.49. The van der Waals surface area contributed by atoms with Crippen LogP contribution in [0, 0.1) is 0 Å². The van der Waals surface area contributed by atoms with Crippen molar-refractivity contribution in [1.29, 1.82) is 0 Å². The van der Waals surface area contributed by atoms with Crippen LogP contribution in [0.2, 0.25) is 0 Å². The summed E-state index contributed by atoms with van der Waals surface area (Å²) in [4.78, 5) is 0. The van der Waals surface area contributed by atoms with Crippen LogP contribution in [0.1, 0.15) is 54.9 Å². The van der Waals surface area contributed by atoms with Gasteiger partial charge in [0.15, 0.2) is 0 Å². The van der Waals surface area contributed by atoms with Crippen LogP contribution < -0.4 is 0 Å². The van der Waals surface area contributed by atoms with Crippen molar-refractivity contribution in [3.8, 4) is 0 Å². The molecule has 0 aliphatic rings. The lowest BCUT2D eigenvalue weighted by molar-refractivity contribution is 0.185. The first kappa shape index (κ1) is 20.9. The highest BCUT2D eigenvalue weighted by molar-refractivity contribution is 5.47. The molecule has 0 saturated carbocycles. The first-order chi connectivity index (χ1) is 12.2. The van der Waals surface area contributed by atoms with Gasteiger partial charge >= 0.3 is 0 Å². The molecule has 25 heavy (non-hydrogen) atoms. The van der Waals surface area contributed by atoms with Gasteiger partial charge in [0, 0.05) is 7.11 Å². The van der Waals surface area contributed by atoms with E-state index in [1.54, 1.807) is 7.11 Å². The second kappa shape index (κ2) is 13.2. The molecule has 0 aromatic heterocycles. The lowest BCUT2D eigenvalue weighted by Crippen LogP contribution is -1.85. The predicted molar refractivity (Wildman–Crippen MR) is 112 cm³/mol. The minimum absolute atomic E-state index is 0.678. The Morgan fingerprint density at radius 3 is 1.72 bits per heavy atom. The summed E-state index contributed by atoms with van der Waals surface area (Å²) in [5.74, 6) is 0. The molecule has 0 N–H and O–H groups in total. The van der Waals surface area contributed by atoms with Crippen molar-refractivity contribution in [3.05, 3.63) is 83.9 Å². The van der Waals surface area contributed by atoms with Gasteiger partial charge in [-0.25, -0.2) is 0 Å². The van der Waals surface area contributed by atoms with Crippen LogP contribution >= 0.6 is 0 Å². The van der Waals surface area contributed by atoms with Crippen molar-refractivity contribution < 1.29 is 4.74 Å². The van der Waals surface area contributed by atoms with Crippen molar-refractivity contribution in [2.45, 2.75) is 45.6 Å². The maximum atomic E-state index is 4.98. The van der Waals surface area contributed by atoms with Crippen LogP contribution in [-0.2, 0) is 17.8 Å². The monoisotopic (exact) mass is 336 g/mol. The molecule has 134 valence electrons. The van der Waals surface area contributed by atoms with E-state index in [-0.39, 0.29) is 0 Å². The van der Waals surface area contributed by atoms with Gasteiger partial charge in [-0.1, -0.05) is 100 Å². The van der Waals surface area contributed by atoms with Gasteiger partial charge in [-0.05, 0) is 35.1 Å². The zero-order valence-electron chi connectivity index (χ0n) is 15.8. The first-order valence-electron chi connectivity index (χ1n) is 9.15. The molecule has 1 heteroatoms. The smallest absolute Gasteiger partial charge is 0.0713 e. The van der Waals surface area contributed by atoms with E-state index in [0.29, 0.717) is 6.61 Å². The molecule has 2 aromatic rings. The SMILES string of the molecule is C=Cc1ccc(CCCCCC)cc1.C=Cc1ccc(COC)cc1. The molecule has 0 bridgehead atoms. The van der Waals surface area contributed by atoms with Gasteiger partial charge in [0.25, 0.3) is 0 Å². The van der Waals surface area contributed by atoms with E-state index in [1.165, 1.54) is 48.8 Å². The molecular formula is C24H32O. The van der Waals surface area contributed by atoms with Gasteiger partial charge in [-0.3, -0.25) is 0 Å². The van der Waals surface area contributed by atoms with E-state index in [1.807, 2.05) is 36.4 Å². The quantitative estimate of drug-likeness (QED) is 0.451. The van der Waals surface area contributed by atoms with Crippen LogP contribution in [-0.4, -0.2) is 7.11 Å². The van der Waals surface area contributed by atoms with Gasteiger partial charge in [0.05, 0.1) is 6.61 Å². The third kappa shape index (κ3) is 9.07. The minimum Gasteiger partial charge on any atom is -0.380 e. The van der Waals surface area contributed by atoms with E-state index >= 15 is 0 Å². The molecule has 0 radical (unpaired) electrons. The summed E-state index contributed by atoms with van der Waals surface area (Å²) in [5.41, 5.74) is 5.00. The summed E-state index contributed by atoms with van der Waals surface area (Å²) in [6.45, 7) is 10.3. The lowest BCUT2D eigenvalue weighted by Gasteiger charge is -2.01. The van der Waals surface area contributed by atoms with Gasteiger partial charge in [-0.15, -0.1) is 0 Å². The Hall–Kier alpha value is -2.12. The Labute approximate surface area is 154 Å². The number of benzene rings is 2. The van der Waals surface area contributed by atoms with Crippen molar-refractivity contribution in [2.75, 3.05) is 7.11 Å². The summed E-state index contributed by atoms with van der Waals surface area (Å²) >= 11 is 0. The maximum Gasteiger partial charge on any atom is 0.0713 e. The molecule has 0 unspecified atom stereocenters. The number of hydrogen-bond acceptors (Lipinski definition) is 1. The summed E-state index contributed by atoms with van der Waals surface area (Å²) in [7, 11) is 1.70. The fraction of sp³-hybridized carbons (Fsp3) is 0.333. The van der Waals surface area contributed by atoms with Crippen LogP contribution in [0.4, 0.5) is 0 Å². The Morgan fingerprint density at radius 2 is 1.28 bits per heavy atom. The molecule has 0 aliphatic heterocycles. The maximum absolute atomic E-state index is 4.98. The van der Waals surface area contributed by atoms with Crippen molar-refractivity contribution >= 4 is 12.2 Å². The van der Waals surface area contributed by atoms with E-state index in [0.717, 1.165) is 5.56 Å². The number of methoxy groups -OCH3 is 1. The van der Waals surface area contributed by atoms with Crippen LogP contribution in [0.25, 0.3) is 12.2 Å². The largest absolute Gasteiger partial charge is 0.380 e. The van der Waals surface area contributed by atoms with Gasteiger partial charge in [-0.2, -0.15) is 0 Å². The highest BCUT2D eigenvalue weighted by atomic mass is 16.5. The molecule has 0 spiro atoms. The molecule has 0 atom stereocenters. The highest BCUT2D eigenvalue weighted by Crippen LogP contribution is 2.10. The van der Waals surface area contributed by atoms with Crippen molar-refractivity contribution in [2.24, 2.45) is 0 Å². The highest BCUT2D eigenvalue weighted by Gasteiger charge is 1.93. The summed E-state index contributed by atoms with van der Waals surface area (Å²) in [6, 6.07) is 16.8. The van der Waals surface area contributed by atoms with E-state index in [2.05, 4.69) is 44.3 Å². The standard InChI is InChI=1S/C14H20.C10H12O/c1-3-5-6-7-8-14-11-9-13(4-2)10-12-14;1-3-9-4-6-10(7-5-9)8-11-2/h4,9-12H,2-3,5-8H2,1H3;3-7H,1,8H2,2H3. The minimum atomic E-state index is 0.678. The third-order valence-electron chi connectivity index (χ3n) is 4.06. The second-order valence-corrected chi connectivity index (χ2v) is 6.14. The summed E-state index contributed by atoms with van der Waals surface area (Å²) in [6.07, 6.45) is 10.3. The predicted octanol–water partition coefficient (Wildman–Crippen LogP) is 6.93. The number of hydrogen-bond donors (Lipinski definition) is 0. The average Bonchev–Trinajstić information content (AvgIpc) is 2.67. The van der Waals surface area contributed by atoms with Crippen LogP contribution in [0.3, 0.4) is 0 Å². The molecule has 2 rings (SSSR count). The van der Waals surface area contributed by atoms with E-state index in [9.17, 15) is 0 Å². The van der Waals surface area contributed by atoms with Crippen molar-refractivity contribution in [3.63, 3.8) is 0 Å². The van der Waals surface area contributed by atoms with Crippen LogP contribution in [0.5, 0.6) is 0 Å². The zero-order chi connectivity index (χ0) is 18.3.